The standard InChI is InChI=1S/C14H16FN3O2/c1-10(2)18-8-11(7-16-18)20-9-14(19)17-13-6-4-3-5-12(13)15/h3-8,10H,9H2,1-2H3,(H,17,19). The van der Waals surface area contributed by atoms with Crippen LogP contribution < -0.4 is 10.1 Å². The lowest BCUT2D eigenvalue weighted by atomic mass is 10.3. The second-order valence-electron chi connectivity index (χ2n) is 4.57. The van der Waals surface area contributed by atoms with Gasteiger partial charge in [-0.3, -0.25) is 9.48 Å². The molecule has 2 rings (SSSR count). The molecule has 0 spiro atoms. The number of halogens is 1. The fraction of sp³-hybridized carbons (Fsp3) is 0.286. The van der Waals surface area contributed by atoms with Gasteiger partial charge in [-0.25, -0.2) is 4.39 Å². The monoisotopic (exact) mass is 277 g/mol. The van der Waals surface area contributed by atoms with Crippen molar-refractivity contribution in [1.29, 1.82) is 0 Å². The van der Waals surface area contributed by atoms with Crippen molar-refractivity contribution in [2.24, 2.45) is 0 Å². The largest absolute Gasteiger partial charge is 0.480 e. The molecule has 0 radical (unpaired) electrons. The molecule has 0 bridgehead atoms. The summed E-state index contributed by atoms with van der Waals surface area (Å²) >= 11 is 0. The number of hydrogen-bond donors (Lipinski definition) is 1. The second kappa shape index (κ2) is 6.18. The zero-order chi connectivity index (χ0) is 14.5. The summed E-state index contributed by atoms with van der Waals surface area (Å²) in [6, 6.07) is 6.20. The Morgan fingerprint density at radius 2 is 2.20 bits per heavy atom. The van der Waals surface area contributed by atoms with Crippen LogP contribution in [0.25, 0.3) is 0 Å². The summed E-state index contributed by atoms with van der Waals surface area (Å²) in [5, 5.41) is 6.54. The quantitative estimate of drug-likeness (QED) is 0.914. The highest BCUT2D eigenvalue weighted by Gasteiger charge is 2.08. The molecule has 20 heavy (non-hydrogen) atoms. The molecule has 2 aromatic rings. The van der Waals surface area contributed by atoms with E-state index < -0.39 is 11.7 Å². The fourth-order valence-corrected chi connectivity index (χ4v) is 1.58. The number of amides is 1. The summed E-state index contributed by atoms with van der Waals surface area (Å²) in [6.07, 6.45) is 3.25. The van der Waals surface area contributed by atoms with Crippen molar-refractivity contribution < 1.29 is 13.9 Å². The van der Waals surface area contributed by atoms with E-state index in [1.165, 1.54) is 18.3 Å². The van der Waals surface area contributed by atoms with Crippen molar-refractivity contribution in [1.82, 2.24) is 9.78 Å². The molecule has 5 nitrogen and oxygen atoms in total. The lowest BCUT2D eigenvalue weighted by molar-refractivity contribution is -0.118. The van der Waals surface area contributed by atoms with Crippen LogP contribution in [-0.2, 0) is 4.79 Å². The summed E-state index contributed by atoms with van der Waals surface area (Å²) in [5.74, 6) is -0.400. The zero-order valence-corrected chi connectivity index (χ0v) is 11.3. The Kier molecular flexibility index (Phi) is 4.34. The molecule has 6 heteroatoms. The number of carbonyl (C=O) groups excluding carboxylic acids is 1. The van der Waals surface area contributed by atoms with Crippen LogP contribution in [0.1, 0.15) is 19.9 Å². The lowest BCUT2D eigenvalue weighted by Gasteiger charge is -2.07. The minimum absolute atomic E-state index is 0.138. The Balaban J connectivity index is 1.87. The van der Waals surface area contributed by atoms with Crippen LogP contribution in [0.2, 0.25) is 0 Å². The first-order chi connectivity index (χ1) is 9.56. The number of anilines is 1. The summed E-state index contributed by atoms with van der Waals surface area (Å²) in [5.41, 5.74) is 0.138. The van der Waals surface area contributed by atoms with Gasteiger partial charge in [-0.1, -0.05) is 12.1 Å². The van der Waals surface area contributed by atoms with Gasteiger partial charge in [0.2, 0.25) is 0 Å². The molecule has 1 N–H and O–H groups in total. The Morgan fingerprint density at radius 1 is 1.45 bits per heavy atom. The summed E-state index contributed by atoms with van der Waals surface area (Å²) in [6.45, 7) is 3.78. The third kappa shape index (κ3) is 3.57. The molecule has 0 atom stereocenters. The molecule has 1 aromatic carbocycles. The van der Waals surface area contributed by atoms with Crippen LogP contribution in [-0.4, -0.2) is 22.3 Å². The Hall–Kier alpha value is -2.37. The van der Waals surface area contributed by atoms with E-state index in [9.17, 15) is 9.18 Å². The Morgan fingerprint density at radius 3 is 2.85 bits per heavy atom. The average molecular weight is 277 g/mol. The van der Waals surface area contributed by atoms with Gasteiger partial charge in [0.25, 0.3) is 5.91 Å². The highest BCUT2D eigenvalue weighted by atomic mass is 19.1. The number of benzene rings is 1. The van der Waals surface area contributed by atoms with Gasteiger partial charge in [-0.2, -0.15) is 5.10 Å². The lowest BCUT2D eigenvalue weighted by Crippen LogP contribution is -2.20. The third-order valence-corrected chi connectivity index (χ3v) is 2.62. The van der Waals surface area contributed by atoms with E-state index in [0.717, 1.165) is 0 Å². The third-order valence-electron chi connectivity index (χ3n) is 2.62. The summed E-state index contributed by atoms with van der Waals surface area (Å²) in [4.78, 5) is 11.6. The van der Waals surface area contributed by atoms with Crippen molar-refractivity contribution in [3.8, 4) is 5.75 Å². The molecule has 1 aromatic heterocycles. The topological polar surface area (TPSA) is 56.1 Å². The fourth-order valence-electron chi connectivity index (χ4n) is 1.58. The van der Waals surface area contributed by atoms with Crippen LogP contribution in [0.5, 0.6) is 5.75 Å². The first kappa shape index (κ1) is 14.0. The zero-order valence-electron chi connectivity index (χ0n) is 11.3. The summed E-state index contributed by atoms with van der Waals surface area (Å²) < 4.78 is 20.4. The molecule has 0 saturated heterocycles. The van der Waals surface area contributed by atoms with E-state index in [1.54, 1.807) is 23.0 Å². The first-order valence-corrected chi connectivity index (χ1v) is 6.27. The number of nitrogens with zero attached hydrogens (tertiary/aromatic N) is 2. The Labute approximate surface area is 116 Å². The number of rotatable bonds is 5. The van der Waals surface area contributed by atoms with E-state index in [1.807, 2.05) is 13.8 Å². The molecule has 0 aliphatic carbocycles. The van der Waals surface area contributed by atoms with Crippen LogP contribution in [0.15, 0.2) is 36.7 Å². The smallest absolute Gasteiger partial charge is 0.262 e. The second-order valence-corrected chi connectivity index (χ2v) is 4.57. The maximum absolute atomic E-state index is 13.3. The predicted octanol–water partition coefficient (Wildman–Crippen LogP) is 2.62. The molecule has 1 heterocycles. The molecule has 0 aliphatic heterocycles. The maximum atomic E-state index is 13.3. The number of nitrogens with one attached hydrogen (secondary N) is 1. The van der Waals surface area contributed by atoms with Crippen molar-refractivity contribution in [2.75, 3.05) is 11.9 Å². The van der Waals surface area contributed by atoms with Gasteiger partial charge in [-0.15, -0.1) is 0 Å². The van der Waals surface area contributed by atoms with Crippen molar-refractivity contribution >= 4 is 11.6 Å². The number of carbonyl (C=O) groups is 1. The van der Waals surface area contributed by atoms with Crippen LogP contribution in [0, 0.1) is 5.82 Å². The number of hydrogen-bond acceptors (Lipinski definition) is 3. The minimum atomic E-state index is -0.478. The van der Waals surface area contributed by atoms with E-state index in [2.05, 4.69) is 10.4 Å². The van der Waals surface area contributed by atoms with Gasteiger partial charge in [0.1, 0.15) is 5.82 Å². The van der Waals surface area contributed by atoms with Gasteiger partial charge >= 0.3 is 0 Å². The van der Waals surface area contributed by atoms with Gasteiger partial charge in [0, 0.05) is 6.04 Å². The first-order valence-electron chi connectivity index (χ1n) is 6.27. The molecular formula is C14H16FN3O2. The van der Waals surface area contributed by atoms with Crippen molar-refractivity contribution in [2.45, 2.75) is 19.9 Å². The molecule has 0 fully saturated rings. The van der Waals surface area contributed by atoms with Crippen LogP contribution in [0.4, 0.5) is 10.1 Å². The van der Waals surface area contributed by atoms with Crippen molar-refractivity contribution in [3.63, 3.8) is 0 Å². The average Bonchev–Trinajstić information content (AvgIpc) is 2.88. The predicted molar refractivity (Wildman–Crippen MR) is 73.1 cm³/mol. The summed E-state index contributed by atoms with van der Waals surface area (Å²) in [7, 11) is 0. The van der Waals surface area contributed by atoms with Gasteiger partial charge in [0.05, 0.1) is 18.1 Å². The highest BCUT2D eigenvalue weighted by Crippen LogP contribution is 2.14. The van der Waals surface area contributed by atoms with E-state index >= 15 is 0 Å². The number of ether oxygens (including phenoxy) is 1. The van der Waals surface area contributed by atoms with Gasteiger partial charge in [0.15, 0.2) is 12.4 Å². The van der Waals surface area contributed by atoms with E-state index in [-0.39, 0.29) is 18.3 Å². The van der Waals surface area contributed by atoms with E-state index in [0.29, 0.717) is 5.75 Å². The van der Waals surface area contributed by atoms with Crippen LogP contribution in [0.3, 0.4) is 0 Å². The molecule has 1 amide bonds. The van der Waals surface area contributed by atoms with Crippen molar-refractivity contribution in [3.05, 3.63) is 42.5 Å². The molecule has 106 valence electrons. The van der Waals surface area contributed by atoms with E-state index in [4.69, 9.17) is 4.74 Å². The highest BCUT2D eigenvalue weighted by molar-refractivity contribution is 5.91. The number of para-hydroxylation sites is 1. The normalized spacial score (nSPS) is 10.6. The molecule has 0 saturated carbocycles. The Bertz CT molecular complexity index is 596. The molecule has 0 aliphatic rings. The van der Waals surface area contributed by atoms with Crippen LogP contribution >= 0.6 is 0 Å². The minimum Gasteiger partial charge on any atom is -0.480 e. The SMILES string of the molecule is CC(C)n1cc(OCC(=O)Nc2ccccc2F)cn1. The van der Waals surface area contributed by atoms with Gasteiger partial charge in [-0.05, 0) is 26.0 Å². The number of aromatic nitrogens is 2. The molecule has 0 unspecified atom stereocenters. The molecular weight excluding hydrogens is 261 g/mol. The maximum Gasteiger partial charge on any atom is 0.262 e. The van der Waals surface area contributed by atoms with Gasteiger partial charge < -0.3 is 10.1 Å².